The molecule has 13 nitrogen and oxygen atoms in total. The zero-order chi connectivity index (χ0) is 40.9. The number of hydrogen-bond acceptors (Lipinski definition) is 13. The van der Waals surface area contributed by atoms with E-state index in [0.29, 0.717) is 0 Å². The summed E-state index contributed by atoms with van der Waals surface area (Å²) in [5, 5.41) is 8.06. The summed E-state index contributed by atoms with van der Waals surface area (Å²) in [5.41, 5.74) is -4.82. The van der Waals surface area contributed by atoms with Gasteiger partial charge in [0.1, 0.15) is 0 Å². The quantitative estimate of drug-likeness (QED) is 0.162. The van der Waals surface area contributed by atoms with E-state index in [0.717, 1.165) is 0 Å². The molecule has 0 aliphatic rings. The van der Waals surface area contributed by atoms with E-state index < -0.39 is 85.7 Å². The first-order valence-corrected chi connectivity index (χ1v) is 15.7. The number of hydrogen-bond donors (Lipinski definition) is 1. The van der Waals surface area contributed by atoms with Crippen LogP contribution in [0, 0.1) is 32.5 Å². The van der Waals surface area contributed by atoms with Crippen LogP contribution in [0.15, 0.2) is 0 Å². The number of ether oxygens (including phenoxy) is 3. The summed E-state index contributed by atoms with van der Waals surface area (Å²) in [6.45, 7) is 32.3. The van der Waals surface area contributed by atoms with E-state index >= 15 is 0 Å². The molecule has 0 fully saturated rings. The van der Waals surface area contributed by atoms with Gasteiger partial charge in [-0.25, -0.2) is 14.4 Å². The van der Waals surface area contributed by atoms with E-state index in [1.165, 1.54) is 0 Å². The monoisotopic (exact) mass is 792 g/mol. The zero-order valence-corrected chi connectivity index (χ0v) is 36.4. The fourth-order valence-electron chi connectivity index (χ4n) is 1.77. The molecule has 0 saturated carbocycles. The van der Waals surface area contributed by atoms with Crippen LogP contribution in [-0.4, -0.2) is 64.4 Å². The normalized spacial score (nSPS) is 11.6. The molecule has 0 aromatic carbocycles. The summed E-state index contributed by atoms with van der Waals surface area (Å²) in [5.74, 6) is -7.40. The van der Waals surface area contributed by atoms with Crippen LogP contribution < -0.4 is 0 Å². The average molecular weight is 794 g/mol. The first kappa shape index (κ1) is 56.6. The number of carbonyl (C=O) groups is 9. The SMILES string of the molecule is CC(C)(C)C(=O)OC(=O)C(=O)C(C)(C)C.CC(C)(C)C(=O)OC(=O)C(=O)C(C)(C)C.CC(C)(C)C(=O)OC(=O)C(=O)C(C)(C)C.CC(C)O.[Zr]. The van der Waals surface area contributed by atoms with Crippen molar-refractivity contribution in [3.05, 3.63) is 0 Å². The molecule has 0 saturated heterocycles. The van der Waals surface area contributed by atoms with E-state index in [4.69, 9.17) is 5.11 Å². The van der Waals surface area contributed by atoms with Gasteiger partial charge in [0, 0.05) is 48.6 Å². The van der Waals surface area contributed by atoms with Gasteiger partial charge in [-0.05, 0) is 76.2 Å². The van der Waals surface area contributed by atoms with E-state index in [2.05, 4.69) is 14.2 Å². The molecule has 0 radical (unpaired) electrons. The van der Waals surface area contributed by atoms with Crippen molar-refractivity contribution in [2.75, 3.05) is 0 Å². The molecule has 0 heterocycles. The summed E-state index contributed by atoms with van der Waals surface area (Å²) in [7, 11) is 0. The zero-order valence-electron chi connectivity index (χ0n) is 33.9. The standard InChI is InChI=1S/3C11H18O4.C3H8O.Zr/c3*1-10(2,3)7(12)8(13)15-9(14)11(4,5)6;1-3(2)4;/h3*1-6H3;3-4H,1-2H3;. The molecule has 0 spiro atoms. The number of carbonyl (C=O) groups excluding carboxylic acids is 9. The van der Waals surface area contributed by atoms with Crippen molar-refractivity contribution in [1.29, 1.82) is 0 Å². The minimum absolute atomic E-state index is 0. The minimum atomic E-state index is -1.08. The van der Waals surface area contributed by atoms with E-state index in [-0.39, 0.29) is 32.3 Å². The predicted octanol–water partition coefficient (Wildman–Crippen LogP) is 5.54. The topological polar surface area (TPSA) is 202 Å². The molecule has 0 rings (SSSR count). The van der Waals surface area contributed by atoms with Gasteiger partial charge in [-0.3, -0.25) is 28.8 Å². The van der Waals surface area contributed by atoms with Crippen LogP contribution >= 0.6 is 0 Å². The Kier molecular flexibility index (Phi) is 24.5. The number of aliphatic hydroxyl groups is 1. The number of rotatable bonds is 3. The number of ketones is 3. The van der Waals surface area contributed by atoms with E-state index in [1.54, 1.807) is 138 Å². The van der Waals surface area contributed by atoms with Crippen molar-refractivity contribution in [2.45, 2.75) is 145 Å². The van der Waals surface area contributed by atoms with Crippen molar-refractivity contribution >= 4 is 53.2 Å². The third kappa shape index (κ3) is 27.1. The Hall–Kier alpha value is -2.73. The summed E-state index contributed by atoms with van der Waals surface area (Å²) < 4.78 is 13.4. The molecular formula is C36H62O13Zr. The molecule has 288 valence electrons. The van der Waals surface area contributed by atoms with Crippen LogP contribution in [0.25, 0.3) is 0 Å². The first-order valence-electron chi connectivity index (χ1n) is 15.7. The van der Waals surface area contributed by atoms with Gasteiger partial charge in [0.15, 0.2) is 0 Å². The van der Waals surface area contributed by atoms with Gasteiger partial charge < -0.3 is 19.3 Å². The van der Waals surface area contributed by atoms with Crippen LogP contribution in [-0.2, 0) is 83.6 Å². The fourth-order valence-corrected chi connectivity index (χ4v) is 1.77. The van der Waals surface area contributed by atoms with Gasteiger partial charge in [0.25, 0.3) is 0 Å². The number of aliphatic hydroxyl groups excluding tert-OH is 1. The Balaban J connectivity index is -0.000000190. The van der Waals surface area contributed by atoms with Gasteiger partial charge in [0.2, 0.25) is 17.3 Å². The minimum Gasteiger partial charge on any atom is -0.394 e. The van der Waals surface area contributed by atoms with Crippen LogP contribution in [0.4, 0.5) is 0 Å². The Morgan fingerprint density at radius 3 is 0.560 bits per heavy atom. The van der Waals surface area contributed by atoms with Crippen molar-refractivity contribution in [3.8, 4) is 0 Å². The summed E-state index contributed by atoms with van der Waals surface area (Å²) in [6.07, 6.45) is -0.167. The van der Waals surface area contributed by atoms with Gasteiger partial charge in [-0.1, -0.05) is 62.3 Å². The molecular weight excluding hydrogens is 732 g/mol. The largest absolute Gasteiger partial charge is 0.394 e. The average Bonchev–Trinajstić information content (AvgIpc) is 2.84. The maximum absolute atomic E-state index is 11.4. The molecule has 0 unspecified atom stereocenters. The molecule has 1 N–H and O–H groups in total. The third-order valence-electron chi connectivity index (χ3n) is 4.99. The third-order valence-corrected chi connectivity index (χ3v) is 4.99. The van der Waals surface area contributed by atoms with Crippen LogP contribution in [0.1, 0.15) is 138 Å². The summed E-state index contributed by atoms with van der Waals surface area (Å²) in [4.78, 5) is 102. The first-order chi connectivity index (χ1) is 21.1. The molecule has 0 aromatic rings. The van der Waals surface area contributed by atoms with Crippen molar-refractivity contribution in [3.63, 3.8) is 0 Å². The Morgan fingerprint density at radius 2 is 0.480 bits per heavy atom. The summed E-state index contributed by atoms with van der Waals surface area (Å²) in [6, 6.07) is 0. The van der Waals surface area contributed by atoms with Crippen LogP contribution in [0.5, 0.6) is 0 Å². The Labute approximate surface area is 317 Å². The molecule has 0 atom stereocenters. The smallest absolute Gasteiger partial charge is 0.382 e. The van der Waals surface area contributed by atoms with Crippen LogP contribution in [0.2, 0.25) is 0 Å². The van der Waals surface area contributed by atoms with E-state index in [1.807, 2.05) is 0 Å². The molecule has 14 heteroatoms. The van der Waals surface area contributed by atoms with Crippen molar-refractivity contribution in [1.82, 2.24) is 0 Å². The molecule has 50 heavy (non-hydrogen) atoms. The maximum Gasteiger partial charge on any atom is 0.382 e. The fraction of sp³-hybridized carbons (Fsp3) is 0.750. The molecule has 0 aliphatic heterocycles. The van der Waals surface area contributed by atoms with Gasteiger partial charge >= 0.3 is 35.8 Å². The van der Waals surface area contributed by atoms with Crippen molar-refractivity contribution < 1.29 is 88.7 Å². The second-order valence-electron chi connectivity index (χ2n) is 17.6. The van der Waals surface area contributed by atoms with Crippen LogP contribution in [0.3, 0.4) is 0 Å². The summed E-state index contributed by atoms with van der Waals surface area (Å²) >= 11 is 0. The second kappa shape index (κ2) is 21.6. The van der Waals surface area contributed by atoms with E-state index in [9.17, 15) is 43.2 Å². The Morgan fingerprint density at radius 1 is 0.360 bits per heavy atom. The molecule has 0 amide bonds. The van der Waals surface area contributed by atoms with Crippen molar-refractivity contribution in [2.24, 2.45) is 32.5 Å². The molecule has 0 bridgehead atoms. The molecule has 0 aliphatic carbocycles. The van der Waals surface area contributed by atoms with Gasteiger partial charge in [0.05, 0.1) is 16.2 Å². The van der Waals surface area contributed by atoms with Gasteiger partial charge in [-0.15, -0.1) is 0 Å². The van der Waals surface area contributed by atoms with Gasteiger partial charge in [-0.2, -0.15) is 0 Å². The number of esters is 6. The Bertz CT molecular complexity index is 1070. The number of Topliss-reactive ketones (excluding diaryl/α,β-unsaturated/α-hetero) is 3. The maximum atomic E-state index is 11.4. The molecule has 0 aromatic heterocycles. The predicted molar refractivity (Wildman–Crippen MR) is 182 cm³/mol. The second-order valence-corrected chi connectivity index (χ2v) is 17.6.